The summed E-state index contributed by atoms with van der Waals surface area (Å²) < 4.78 is 5.00. The van der Waals surface area contributed by atoms with E-state index in [1.807, 2.05) is 6.07 Å². The van der Waals surface area contributed by atoms with Crippen molar-refractivity contribution in [3.8, 4) is 0 Å². The van der Waals surface area contributed by atoms with E-state index < -0.39 is 0 Å². The second kappa shape index (κ2) is 7.25. The first-order chi connectivity index (χ1) is 9.29. The Hall–Kier alpha value is -1.40. The second-order valence-electron chi connectivity index (χ2n) is 4.75. The number of nitrogens with zero attached hydrogens (tertiary/aromatic N) is 3. The van der Waals surface area contributed by atoms with E-state index in [1.165, 1.54) is 0 Å². The number of methoxy groups -OCH3 is 1. The Morgan fingerprint density at radius 3 is 2.95 bits per heavy atom. The average molecular weight is 266 g/mol. The maximum Gasteiger partial charge on any atom is 0.134 e. The van der Waals surface area contributed by atoms with E-state index in [9.17, 15) is 5.11 Å². The van der Waals surface area contributed by atoms with Gasteiger partial charge in [0, 0.05) is 39.4 Å². The van der Waals surface area contributed by atoms with Gasteiger partial charge in [-0.15, -0.1) is 0 Å². The van der Waals surface area contributed by atoms with Crippen molar-refractivity contribution in [2.75, 3.05) is 43.6 Å². The molecule has 0 amide bonds. The molecule has 2 N–H and O–H groups in total. The van der Waals surface area contributed by atoms with E-state index in [0.29, 0.717) is 0 Å². The van der Waals surface area contributed by atoms with Gasteiger partial charge in [0.1, 0.15) is 18.0 Å². The monoisotopic (exact) mass is 266 g/mol. The van der Waals surface area contributed by atoms with Crippen LogP contribution in [0.5, 0.6) is 0 Å². The fourth-order valence-electron chi connectivity index (χ4n) is 2.14. The van der Waals surface area contributed by atoms with E-state index in [0.717, 1.165) is 57.1 Å². The normalized spacial score (nSPS) is 16.6. The number of aliphatic hydroxyl groups excluding tert-OH is 1. The minimum absolute atomic E-state index is 0.162. The van der Waals surface area contributed by atoms with Crippen molar-refractivity contribution in [1.82, 2.24) is 9.97 Å². The topological polar surface area (TPSA) is 70.5 Å². The van der Waals surface area contributed by atoms with Gasteiger partial charge >= 0.3 is 0 Å². The zero-order valence-corrected chi connectivity index (χ0v) is 11.4. The third-order valence-corrected chi connectivity index (χ3v) is 3.27. The Bertz CT molecular complexity index is 381. The molecule has 1 saturated heterocycles. The highest BCUT2D eigenvalue weighted by Crippen LogP contribution is 2.19. The molecule has 6 heteroatoms. The molecule has 0 spiro atoms. The lowest BCUT2D eigenvalue weighted by atomic mass is 10.1. The summed E-state index contributed by atoms with van der Waals surface area (Å²) in [6, 6.07) is 1.96. The highest BCUT2D eigenvalue weighted by Gasteiger charge is 2.18. The summed E-state index contributed by atoms with van der Waals surface area (Å²) in [6.45, 7) is 3.28. The predicted octanol–water partition coefficient (Wildman–Crippen LogP) is 0.886. The molecule has 19 heavy (non-hydrogen) atoms. The molecule has 2 rings (SSSR count). The zero-order chi connectivity index (χ0) is 13.5. The van der Waals surface area contributed by atoms with Gasteiger partial charge in [0.05, 0.1) is 6.10 Å². The van der Waals surface area contributed by atoms with Gasteiger partial charge in [-0.05, 0) is 19.3 Å². The number of hydrogen-bond donors (Lipinski definition) is 2. The standard InChI is InChI=1S/C13H22N4O2/c1-19-8-2-5-14-12-9-13(16-10-15-12)17-6-3-11(18)4-7-17/h9-11,18H,2-8H2,1H3,(H,14,15,16). The van der Waals surface area contributed by atoms with Crippen LogP contribution >= 0.6 is 0 Å². The summed E-state index contributed by atoms with van der Waals surface area (Å²) in [5, 5.41) is 12.8. The molecule has 1 aliphatic rings. The van der Waals surface area contributed by atoms with Gasteiger partial charge < -0.3 is 20.1 Å². The Labute approximate surface area is 113 Å². The van der Waals surface area contributed by atoms with Crippen LogP contribution in [0.4, 0.5) is 11.6 Å². The molecule has 106 valence electrons. The Morgan fingerprint density at radius 1 is 1.42 bits per heavy atom. The maximum absolute atomic E-state index is 9.51. The van der Waals surface area contributed by atoms with Crippen LogP contribution in [0.15, 0.2) is 12.4 Å². The van der Waals surface area contributed by atoms with Gasteiger partial charge in [-0.3, -0.25) is 0 Å². The van der Waals surface area contributed by atoms with Crippen molar-refractivity contribution in [3.05, 3.63) is 12.4 Å². The molecule has 0 atom stereocenters. The predicted molar refractivity (Wildman–Crippen MR) is 74.5 cm³/mol. The second-order valence-corrected chi connectivity index (χ2v) is 4.75. The number of nitrogens with one attached hydrogen (secondary N) is 1. The molecule has 1 aliphatic heterocycles. The Balaban J connectivity index is 1.87. The first-order valence-electron chi connectivity index (χ1n) is 6.77. The van der Waals surface area contributed by atoms with Crippen molar-refractivity contribution in [1.29, 1.82) is 0 Å². The summed E-state index contributed by atoms with van der Waals surface area (Å²) in [5.41, 5.74) is 0. The molecule has 6 nitrogen and oxygen atoms in total. The molecular weight excluding hydrogens is 244 g/mol. The van der Waals surface area contributed by atoms with Crippen LogP contribution in [-0.2, 0) is 4.74 Å². The highest BCUT2D eigenvalue weighted by atomic mass is 16.5. The van der Waals surface area contributed by atoms with Crippen molar-refractivity contribution >= 4 is 11.6 Å². The maximum atomic E-state index is 9.51. The zero-order valence-electron chi connectivity index (χ0n) is 11.4. The van der Waals surface area contributed by atoms with Crippen LogP contribution in [0.3, 0.4) is 0 Å². The average Bonchev–Trinajstić information content (AvgIpc) is 2.45. The van der Waals surface area contributed by atoms with Gasteiger partial charge in [-0.1, -0.05) is 0 Å². The van der Waals surface area contributed by atoms with Gasteiger partial charge in [0.15, 0.2) is 0 Å². The molecule has 1 aromatic rings. The van der Waals surface area contributed by atoms with Crippen LogP contribution < -0.4 is 10.2 Å². The number of rotatable bonds is 6. The smallest absolute Gasteiger partial charge is 0.134 e. The summed E-state index contributed by atoms with van der Waals surface area (Å²) >= 11 is 0. The molecular formula is C13H22N4O2. The molecule has 1 aromatic heterocycles. The van der Waals surface area contributed by atoms with E-state index in [4.69, 9.17) is 4.74 Å². The molecule has 1 fully saturated rings. The first-order valence-corrected chi connectivity index (χ1v) is 6.77. The number of ether oxygens (including phenoxy) is 1. The highest BCUT2D eigenvalue weighted by molar-refractivity contribution is 5.48. The third kappa shape index (κ3) is 4.33. The SMILES string of the molecule is COCCCNc1cc(N2CCC(O)CC2)ncn1. The summed E-state index contributed by atoms with van der Waals surface area (Å²) in [6.07, 6.45) is 3.98. The lowest BCUT2D eigenvalue weighted by molar-refractivity contribution is 0.145. The molecule has 2 heterocycles. The summed E-state index contributed by atoms with van der Waals surface area (Å²) in [4.78, 5) is 10.7. The van der Waals surface area contributed by atoms with Crippen molar-refractivity contribution < 1.29 is 9.84 Å². The van der Waals surface area contributed by atoms with E-state index in [-0.39, 0.29) is 6.10 Å². The minimum atomic E-state index is -0.162. The number of anilines is 2. The lowest BCUT2D eigenvalue weighted by Gasteiger charge is -2.30. The van der Waals surface area contributed by atoms with Crippen LogP contribution in [-0.4, -0.2) is 54.5 Å². The van der Waals surface area contributed by atoms with Crippen LogP contribution in [0.1, 0.15) is 19.3 Å². The quantitative estimate of drug-likeness (QED) is 0.745. The van der Waals surface area contributed by atoms with Crippen molar-refractivity contribution in [2.45, 2.75) is 25.4 Å². The number of aliphatic hydroxyl groups is 1. The van der Waals surface area contributed by atoms with Gasteiger partial charge in [0.2, 0.25) is 0 Å². The number of piperidine rings is 1. The summed E-state index contributed by atoms with van der Waals surface area (Å²) in [5.74, 6) is 1.77. The number of aromatic nitrogens is 2. The molecule has 0 radical (unpaired) electrons. The van der Waals surface area contributed by atoms with Gasteiger partial charge in [-0.25, -0.2) is 9.97 Å². The summed E-state index contributed by atoms with van der Waals surface area (Å²) in [7, 11) is 1.70. The Morgan fingerprint density at radius 2 is 2.21 bits per heavy atom. The largest absolute Gasteiger partial charge is 0.393 e. The first kappa shape index (κ1) is 14.0. The Kier molecular flexibility index (Phi) is 5.35. The minimum Gasteiger partial charge on any atom is -0.393 e. The molecule has 0 aromatic carbocycles. The van der Waals surface area contributed by atoms with Gasteiger partial charge in [0.25, 0.3) is 0 Å². The fraction of sp³-hybridized carbons (Fsp3) is 0.692. The number of hydrogen-bond acceptors (Lipinski definition) is 6. The van der Waals surface area contributed by atoms with Gasteiger partial charge in [-0.2, -0.15) is 0 Å². The van der Waals surface area contributed by atoms with Crippen LogP contribution in [0.25, 0.3) is 0 Å². The van der Waals surface area contributed by atoms with E-state index in [2.05, 4.69) is 20.2 Å². The fourth-order valence-corrected chi connectivity index (χ4v) is 2.14. The van der Waals surface area contributed by atoms with Crippen LogP contribution in [0.2, 0.25) is 0 Å². The molecule has 0 aliphatic carbocycles. The third-order valence-electron chi connectivity index (χ3n) is 3.27. The lowest BCUT2D eigenvalue weighted by Crippen LogP contribution is -2.36. The molecule has 0 saturated carbocycles. The molecule has 0 unspecified atom stereocenters. The molecule has 0 bridgehead atoms. The van der Waals surface area contributed by atoms with Crippen molar-refractivity contribution in [3.63, 3.8) is 0 Å². The van der Waals surface area contributed by atoms with E-state index in [1.54, 1.807) is 13.4 Å². The van der Waals surface area contributed by atoms with Crippen molar-refractivity contribution in [2.24, 2.45) is 0 Å². The van der Waals surface area contributed by atoms with E-state index >= 15 is 0 Å². The van der Waals surface area contributed by atoms with Crippen LogP contribution in [0, 0.1) is 0 Å².